The molecule has 0 aliphatic heterocycles. The molecule has 0 rings (SSSR count). The normalized spacial score (nSPS) is 12.0. The van der Waals surface area contributed by atoms with E-state index >= 15 is 0 Å². The van der Waals surface area contributed by atoms with Gasteiger partial charge in [0, 0.05) is 28.2 Å². The molecule has 0 fully saturated rings. The fourth-order valence-electron chi connectivity index (χ4n) is 2.26. The molecule has 0 aliphatic carbocycles. The van der Waals surface area contributed by atoms with Crippen LogP contribution in [0.2, 0.25) is 0 Å². The van der Waals surface area contributed by atoms with E-state index in [-0.39, 0.29) is 39.3 Å². The monoisotopic (exact) mass is 460 g/mol. The van der Waals surface area contributed by atoms with E-state index in [1.54, 1.807) is 0 Å². The topological polar surface area (TPSA) is 193 Å². The van der Waals surface area contributed by atoms with Crippen molar-refractivity contribution in [1.82, 2.24) is 31.9 Å². The van der Waals surface area contributed by atoms with Gasteiger partial charge in [-0.3, -0.25) is 28.8 Å². The SMILES string of the molecule is CNC(=O)CC(NC(=O)COCCOCC(=O)NC(CC(=O)NC)C(=O)NC)C(=O)NC. The first kappa shape index (κ1) is 28.7. The number of likely N-dealkylation sites (N-methyl/N-ethyl adjacent to an activating group) is 2. The maximum Gasteiger partial charge on any atom is 0.246 e. The van der Waals surface area contributed by atoms with E-state index in [9.17, 15) is 28.8 Å². The first-order chi connectivity index (χ1) is 15.2. The maximum atomic E-state index is 11.9. The number of rotatable bonds is 15. The number of carbonyl (C=O) groups is 6. The van der Waals surface area contributed by atoms with Gasteiger partial charge in [0.2, 0.25) is 35.4 Å². The zero-order valence-corrected chi connectivity index (χ0v) is 18.7. The van der Waals surface area contributed by atoms with Gasteiger partial charge in [0.15, 0.2) is 0 Å². The van der Waals surface area contributed by atoms with Crippen molar-refractivity contribution in [2.24, 2.45) is 0 Å². The summed E-state index contributed by atoms with van der Waals surface area (Å²) >= 11 is 0. The van der Waals surface area contributed by atoms with Crippen molar-refractivity contribution < 1.29 is 38.2 Å². The highest BCUT2D eigenvalue weighted by molar-refractivity contribution is 5.92. The Morgan fingerprint density at radius 2 is 0.906 bits per heavy atom. The third-order valence-corrected chi connectivity index (χ3v) is 3.97. The van der Waals surface area contributed by atoms with Gasteiger partial charge in [0.05, 0.1) is 26.1 Å². The highest BCUT2D eigenvalue weighted by Gasteiger charge is 2.23. The summed E-state index contributed by atoms with van der Waals surface area (Å²) in [6, 6.07) is -2.09. The Hall–Kier alpha value is -3.26. The van der Waals surface area contributed by atoms with Crippen LogP contribution < -0.4 is 31.9 Å². The first-order valence-corrected chi connectivity index (χ1v) is 9.76. The number of amides is 6. The van der Waals surface area contributed by atoms with Crippen LogP contribution in [0.1, 0.15) is 12.8 Å². The van der Waals surface area contributed by atoms with E-state index < -0.39 is 47.5 Å². The highest BCUT2D eigenvalue weighted by atomic mass is 16.5. The lowest BCUT2D eigenvalue weighted by molar-refractivity contribution is -0.135. The molecular formula is C18H32N6O8. The molecule has 0 aromatic carbocycles. The van der Waals surface area contributed by atoms with Crippen LogP contribution in [0.3, 0.4) is 0 Å². The van der Waals surface area contributed by atoms with Crippen molar-refractivity contribution in [2.45, 2.75) is 24.9 Å². The molecule has 0 saturated heterocycles. The van der Waals surface area contributed by atoms with Crippen molar-refractivity contribution in [3.05, 3.63) is 0 Å². The molecule has 2 unspecified atom stereocenters. The Kier molecular flexibility index (Phi) is 14.8. The van der Waals surface area contributed by atoms with Gasteiger partial charge in [-0.05, 0) is 0 Å². The summed E-state index contributed by atoms with van der Waals surface area (Å²) < 4.78 is 10.2. The number of nitrogens with one attached hydrogen (secondary N) is 6. The minimum absolute atomic E-state index is 0.0299. The van der Waals surface area contributed by atoms with Crippen molar-refractivity contribution in [1.29, 1.82) is 0 Å². The lowest BCUT2D eigenvalue weighted by atomic mass is 10.2. The van der Waals surface area contributed by atoms with Gasteiger partial charge in [-0.1, -0.05) is 0 Å². The summed E-state index contributed by atoms with van der Waals surface area (Å²) in [6.07, 6.45) is -0.450. The van der Waals surface area contributed by atoms with Crippen molar-refractivity contribution in [3.8, 4) is 0 Å². The lowest BCUT2D eigenvalue weighted by Gasteiger charge is -2.17. The van der Waals surface area contributed by atoms with Crippen molar-refractivity contribution >= 4 is 35.4 Å². The Labute approximate surface area is 185 Å². The van der Waals surface area contributed by atoms with Gasteiger partial charge in [0.25, 0.3) is 0 Å². The van der Waals surface area contributed by atoms with Gasteiger partial charge < -0.3 is 41.4 Å². The summed E-state index contributed by atoms with van der Waals surface area (Å²) in [4.78, 5) is 70.1. The molecule has 2 atom stereocenters. The average Bonchev–Trinajstić information content (AvgIpc) is 2.78. The predicted octanol–water partition coefficient (Wildman–Crippen LogP) is -4.25. The van der Waals surface area contributed by atoms with Crippen LogP contribution in [-0.2, 0) is 38.2 Å². The molecule has 0 saturated carbocycles. The van der Waals surface area contributed by atoms with Crippen molar-refractivity contribution in [2.75, 3.05) is 54.6 Å². The van der Waals surface area contributed by atoms with Crippen LogP contribution in [0.4, 0.5) is 0 Å². The Balaban J connectivity index is 4.23. The predicted molar refractivity (Wildman–Crippen MR) is 111 cm³/mol. The molecule has 0 aromatic rings. The molecule has 0 spiro atoms. The van der Waals surface area contributed by atoms with Crippen LogP contribution in [0, 0.1) is 0 Å². The molecule has 6 amide bonds. The Bertz CT molecular complexity index is 616. The molecule has 14 nitrogen and oxygen atoms in total. The lowest BCUT2D eigenvalue weighted by Crippen LogP contribution is -2.49. The molecule has 0 aliphatic rings. The summed E-state index contributed by atoms with van der Waals surface area (Å²) in [5.74, 6) is -3.10. The van der Waals surface area contributed by atoms with Crippen LogP contribution in [0.25, 0.3) is 0 Å². The van der Waals surface area contributed by atoms with E-state index in [4.69, 9.17) is 9.47 Å². The van der Waals surface area contributed by atoms with E-state index in [0.29, 0.717) is 0 Å². The van der Waals surface area contributed by atoms with E-state index in [0.717, 1.165) is 0 Å². The van der Waals surface area contributed by atoms with Gasteiger partial charge >= 0.3 is 0 Å². The quantitative estimate of drug-likeness (QED) is 0.132. The molecule has 0 radical (unpaired) electrons. The zero-order chi connectivity index (χ0) is 24.5. The van der Waals surface area contributed by atoms with Crippen LogP contribution >= 0.6 is 0 Å². The third-order valence-electron chi connectivity index (χ3n) is 3.97. The van der Waals surface area contributed by atoms with Crippen LogP contribution in [-0.4, -0.2) is 102 Å². The Morgan fingerprint density at radius 3 is 1.19 bits per heavy atom. The molecule has 14 heteroatoms. The van der Waals surface area contributed by atoms with Crippen LogP contribution in [0.5, 0.6) is 0 Å². The van der Waals surface area contributed by atoms with Crippen molar-refractivity contribution in [3.63, 3.8) is 0 Å². The summed E-state index contributed by atoms with van der Waals surface area (Å²) in [7, 11) is 5.58. The van der Waals surface area contributed by atoms with E-state index in [1.165, 1.54) is 28.2 Å². The number of hydrogen-bond acceptors (Lipinski definition) is 8. The van der Waals surface area contributed by atoms with Gasteiger partial charge in [-0.25, -0.2) is 0 Å². The third kappa shape index (κ3) is 12.4. The molecule has 0 aromatic heterocycles. The van der Waals surface area contributed by atoms with Gasteiger partial charge in [-0.15, -0.1) is 0 Å². The molecular weight excluding hydrogens is 428 g/mol. The molecule has 182 valence electrons. The fraction of sp³-hybridized carbons (Fsp3) is 0.667. The fourth-order valence-corrected chi connectivity index (χ4v) is 2.26. The maximum absolute atomic E-state index is 11.9. The Morgan fingerprint density at radius 1 is 0.562 bits per heavy atom. The van der Waals surface area contributed by atoms with Gasteiger partial charge in [-0.2, -0.15) is 0 Å². The summed E-state index contributed by atoms with van der Waals surface area (Å²) in [6.45, 7) is -0.834. The average molecular weight is 460 g/mol. The minimum Gasteiger partial charge on any atom is -0.369 e. The molecule has 6 N–H and O–H groups in total. The van der Waals surface area contributed by atoms with E-state index in [2.05, 4.69) is 31.9 Å². The number of carbonyl (C=O) groups excluding carboxylic acids is 6. The van der Waals surface area contributed by atoms with Gasteiger partial charge in [0.1, 0.15) is 25.3 Å². The number of hydrogen-bond donors (Lipinski definition) is 6. The first-order valence-electron chi connectivity index (χ1n) is 9.76. The minimum atomic E-state index is -1.04. The molecule has 0 heterocycles. The summed E-state index contributed by atoms with van der Waals surface area (Å²) in [5, 5.41) is 14.2. The zero-order valence-electron chi connectivity index (χ0n) is 18.7. The number of ether oxygens (including phenoxy) is 2. The summed E-state index contributed by atoms with van der Waals surface area (Å²) in [5.41, 5.74) is 0. The second-order valence-electron chi connectivity index (χ2n) is 6.33. The smallest absolute Gasteiger partial charge is 0.246 e. The molecule has 0 bridgehead atoms. The standard InChI is InChI=1S/C18H32N6O8/c1-19-13(25)7-11(17(29)21-3)23-15(27)9-31-5-6-32-10-16(28)24-12(18(30)22-4)8-14(26)20-2/h11-12H,5-10H2,1-4H3,(H,19,25)(H,20,26)(H,21,29)(H,22,30)(H,23,27)(H,24,28). The van der Waals surface area contributed by atoms with Crippen LogP contribution in [0.15, 0.2) is 0 Å². The molecule has 32 heavy (non-hydrogen) atoms. The highest BCUT2D eigenvalue weighted by Crippen LogP contribution is 1.95. The van der Waals surface area contributed by atoms with E-state index in [1.807, 2.05) is 0 Å². The second-order valence-corrected chi connectivity index (χ2v) is 6.33. The second kappa shape index (κ2) is 16.4. The largest absolute Gasteiger partial charge is 0.369 e.